The molecule has 6 aromatic carbocycles. The van der Waals surface area contributed by atoms with Crippen molar-refractivity contribution in [1.29, 1.82) is 0 Å². The minimum Gasteiger partial charge on any atom is -0.309 e. The van der Waals surface area contributed by atoms with Gasteiger partial charge in [0.1, 0.15) is 0 Å². The van der Waals surface area contributed by atoms with Gasteiger partial charge in [0.15, 0.2) is 0 Å². The first-order valence-corrected chi connectivity index (χ1v) is 14.2. The number of fused-ring (bicyclic) bond motifs is 6. The first-order chi connectivity index (χ1) is 19.3. The number of hydrogen-bond acceptors (Lipinski definition) is 1. The molecule has 184 valence electrons. The zero-order valence-corrected chi connectivity index (χ0v) is 22.5. The van der Waals surface area contributed by atoms with Crippen molar-refractivity contribution < 1.29 is 0 Å². The van der Waals surface area contributed by atoms with Gasteiger partial charge in [-0.3, -0.25) is 0 Å². The van der Waals surface area contributed by atoms with Crippen LogP contribution in [0, 0.1) is 0 Å². The predicted molar refractivity (Wildman–Crippen MR) is 170 cm³/mol. The number of aromatic nitrogens is 1. The molecule has 0 fully saturated rings. The van der Waals surface area contributed by atoms with Crippen LogP contribution in [0.2, 0.25) is 5.02 Å². The molecule has 0 saturated heterocycles. The van der Waals surface area contributed by atoms with Gasteiger partial charge in [-0.1, -0.05) is 96.5 Å². The summed E-state index contributed by atoms with van der Waals surface area (Å²) in [6, 6.07) is 47.8. The second kappa shape index (κ2) is 8.84. The van der Waals surface area contributed by atoms with Crippen LogP contribution in [0.4, 0.5) is 0 Å². The lowest BCUT2D eigenvalue weighted by atomic mass is 9.94. The average molecular weight is 536 g/mol. The lowest BCUT2D eigenvalue weighted by Crippen LogP contribution is -1.98. The van der Waals surface area contributed by atoms with Gasteiger partial charge in [-0.15, -0.1) is 11.3 Å². The Hall–Kier alpha value is -4.37. The topological polar surface area (TPSA) is 4.93 Å². The Balaban J connectivity index is 1.45. The minimum absolute atomic E-state index is 0.739. The molecule has 8 aromatic rings. The van der Waals surface area contributed by atoms with Gasteiger partial charge in [0.25, 0.3) is 0 Å². The molecule has 0 aliphatic rings. The summed E-state index contributed by atoms with van der Waals surface area (Å²) in [5.41, 5.74) is 8.33. The van der Waals surface area contributed by atoms with E-state index in [1.165, 1.54) is 58.7 Å². The van der Waals surface area contributed by atoms with Crippen molar-refractivity contribution in [2.45, 2.75) is 0 Å². The molecule has 0 aliphatic carbocycles. The smallest absolute Gasteiger partial charge is 0.0541 e. The van der Waals surface area contributed by atoms with Gasteiger partial charge < -0.3 is 4.57 Å². The molecule has 0 saturated carbocycles. The highest BCUT2D eigenvalue weighted by Gasteiger charge is 2.17. The Morgan fingerprint density at radius 3 is 1.85 bits per heavy atom. The van der Waals surface area contributed by atoms with Crippen LogP contribution in [-0.4, -0.2) is 4.57 Å². The second-order valence-electron chi connectivity index (χ2n) is 9.89. The number of para-hydroxylation sites is 2. The lowest BCUT2D eigenvalue weighted by molar-refractivity contribution is 1.18. The highest BCUT2D eigenvalue weighted by molar-refractivity contribution is 7.25. The summed E-state index contributed by atoms with van der Waals surface area (Å²) in [5.74, 6) is 0. The third kappa shape index (κ3) is 3.53. The van der Waals surface area contributed by atoms with E-state index < -0.39 is 0 Å². The maximum Gasteiger partial charge on any atom is 0.0541 e. The Bertz CT molecular complexity index is 2130. The standard InChI is InChI=1S/C36H22ClNS/c37-25-19-16-23(17-20-25)30-22-24(26-11-7-15-35-36(26)29-10-3-6-14-34(29)39-35)18-21-33(30)38-31-12-4-1-8-27(31)28-9-2-5-13-32(28)38/h1-22H. The highest BCUT2D eigenvalue weighted by atomic mass is 35.5. The van der Waals surface area contributed by atoms with Crippen LogP contribution in [0.5, 0.6) is 0 Å². The zero-order valence-electron chi connectivity index (χ0n) is 20.9. The van der Waals surface area contributed by atoms with Crippen LogP contribution in [0.25, 0.3) is 69.9 Å². The first-order valence-electron chi connectivity index (χ1n) is 13.1. The van der Waals surface area contributed by atoms with E-state index in [1.54, 1.807) is 0 Å². The van der Waals surface area contributed by atoms with Gasteiger partial charge in [0.05, 0.1) is 16.7 Å². The van der Waals surface area contributed by atoms with E-state index in [-0.39, 0.29) is 0 Å². The minimum atomic E-state index is 0.739. The van der Waals surface area contributed by atoms with E-state index >= 15 is 0 Å². The van der Waals surface area contributed by atoms with Crippen molar-refractivity contribution in [3.05, 3.63) is 138 Å². The summed E-state index contributed by atoms with van der Waals surface area (Å²) in [6.45, 7) is 0. The molecular weight excluding hydrogens is 514 g/mol. The van der Waals surface area contributed by atoms with Gasteiger partial charge in [-0.05, 0) is 65.2 Å². The first kappa shape index (κ1) is 22.6. The summed E-state index contributed by atoms with van der Waals surface area (Å²) in [6.07, 6.45) is 0. The molecule has 1 nitrogen and oxygen atoms in total. The maximum atomic E-state index is 6.33. The van der Waals surface area contributed by atoms with Crippen molar-refractivity contribution in [2.75, 3.05) is 0 Å². The number of thiophene rings is 1. The molecule has 0 N–H and O–H groups in total. The van der Waals surface area contributed by atoms with Crippen LogP contribution < -0.4 is 0 Å². The number of nitrogens with zero attached hydrogens (tertiary/aromatic N) is 1. The van der Waals surface area contributed by atoms with Gasteiger partial charge >= 0.3 is 0 Å². The molecule has 0 unspecified atom stereocenters. The van der Waals surface area contributed by atoms with Crippen molar-refractivity contribution in [2.24, 2.45) is 0 Å². The van der Waals surface area contributed by atoms with E-state index in [2.05, 4.69) is 126 Å². The van der Waals surface area contributed by atoms with E-state index in [0.717, 1.165) is 16.3 Å². The fourth-order valence-corrected chi connectivity index (χ4v) is 7.21. The molecule has 2 aromatic heterocycles. The number of benzene rings is 6. The van der Waals surface area contributed by atoms with Crippen LogP contribution >= 0.6 is 22.9 Å². The molecule has 0 bridgehead atoms. The third-order valence-corrected chi connectivity index (χ3v) is 9.07. The van der Waals surface area contributed by atoms with Crippen molar-refractivity contribution in [3.63, 3.8) is 0 Å². The Labute approximate surface area is 235 Å². The molecule has 8 rings (SSSR count). The SMILES string of the molecule is Clc1ccc(-c2cc(-c3cccc4sc5ccccc5c34)ccc2-n2c3ccccc3c3ccccc32)cc1. The highest BCUT2D eigenvalue weighted by Crippen LogP contribution is 2.43. The summed E-state index contributed by atoms with van der Waals surface area (Å²) in [7, 11) is 0. The molecule has 0 spiro atoms. The number of halogens is 1. The monoisotopic (exact) mass is 535 g/mol. The number of hydrogen-bond donors (Lipinski definition) is 0. The summed E-state index contributed by atoms with van der Waals surface area (Å²) in [5, 5.41) is 5.89. The maximum absolute atomic E-state index is 6.33. The third-order valence-electron chi connectivity index (χ3n) is 7.69. The van der Waals surface area contributed by atoms with Crippen molar-refractivity contribution >= 4 is 64.9 Å². The van der Waals surface area contributed by atoms with Crippen molar-refractivity contribution in [1.82, 2.24) is 4.57 Å². The molecule has 0 amide bonds. The van der Waals surface area contributed by atoms with Gasteiger partial charge in [-0.25, -0.2) is 0 Å². The second-order valence-corrected chi connectivity index (χ2v) is 11.4. The fourth-order valence-electron chi connectivity index (χ4n) is 5.96. The Morgan fingerprint density at radius 2 is 1.10 bits per heavy atom. The fraction of sp³-hybridized carbons (Fsp3) is 0. The molecule has 39 heavy (non-hydrogen) atoms. The van der Waals surface area contributed by atoms with Gasteiger partial charge in [0, 0.05) is 41.5 Å². The van der Waals surface area contributed by atoms with Crippen LogP contribution in [0.1, 0.15) is 0 Å². The van der Waals surface area contributed by atoms with E-state index in [1.807, 2.05) is 23.5 Å². The summed E-state index contributed by atoms with van der Waals surface area (Å²) in [4.78, 5) is 0. The average Bonchev–Trinajstić information content (AvgIpc) is 3.53. The summed E-state index contributed by atoms with van der Waals surface area (Å²) < 4.78 is 5.03. The Morgan fingerprint density at radius 1 is 0.487 bits per heavy atom. The van der Waals surface area contributed by atoms with Crippen molar-refractivity contribution in [3.8, 4) is 27.9 Å². The lowest BCUT2D eigenvalue weighted by Gasteiger charge is -2.16. The molecule has 3 heteroatoms. The van der Waals surface area contributed by atoms with E-state index in [9.17, 15) is 0 Å². The predicted octanol–water partition coefficient (Wildman–Crippen LogP) is 11.1. The van der Waals surface area contributed by atoms with Crippen LogP contribution in [0.15, 0.2) is 133 Å². The molecule has 0 aliphatic heterocycles. The largest absolute Gasteiger partial charge is 0.309 e. The molecule has 2 heterocycles. The molecular formula is C36H22ClNS. The Kier molecular flexibility index (Phi) is 5.12. The van der Waals surface area contributed by atoms with Crippen LogP contribution in [-0.2, 0) is 0 Å². The van der Waals surface area contributed by atoms with E-state index in [0.29, 0.717) is 0 Å². The van der Waals surface area contributed by atoms with Gasteiger partial charge in [0.2, 0.25) is 0 Å². The number of rotatable bonds is 3. The van der Waals surface area contributed by atoms with E-state index in [4.69, 9.17) is 11.6 Å². The summed E-state index contributed by atoms with van der Waals surface area (Å²) >= 11 is 8.18. The quantitative estimate of drug-likeness (QED) is 0.212. The normalized spacial score (nSPS) is 11.7. The molecule has 0 radical (unpaired) electrons. The molecule has 0 atom stereocenters. The zero-order chi connectivity index (χ0) is 25.9. The van der Waals surface area contributed by atoms with Gasteiger partial charge in [-0.2, -0.15) is 0 Å². The van der Waals surface area contributed by atoms with Crippen LogP contribution in [0.3, 0.4) is 0 Å².